The van der Waals surface area contributed by atoms with Crippen LogP contribution in [0.1, 0.15) is 29.8 Å². The maximum absolute atomic E-state index is 13.5. The Balaban J connectivity index is 1.47. The van der Waals surface area contributed by atoms with Gasteiger partial charge in [-0.15, -0.1) is 0 Å². The van der Waals surface area contributed by atoms with Crippen LogP contribution < -0.4 is 27.4 Å². The van der Waals surface area contributed by atoms with Crippen molar-refractivity contribution in [2.45, 2.75) is 56.3 Å². The Labute approximate surface area is 250 Å². The number of benzene rings is 1. The fraction of sp³-hybridized carbons (Fsp3) is 0.321. The van der Waals surface area contributed by atoms with Crippen LogP contribution in [-0.2, 0) is 43.2 Å². The lowest BCUT2D eigenvalue weighted by molar-refractivity contribution is -0.142. The van der Waals surface area contributed by atoms with Gasteiger partial charge in [-0.2, -0.15) is 0 Å². The molecule has 0 aliphatic heterocycles. The van der Waals surface area contributed by atoms with Gasteiger partial charge in [0, 0.05) is 60.1 Å². The predicted molar refractivity (Wildman–Crippen MR) is 156 cm³/mol. The van der Waals surface area contributed by atoms with Crippen LogP contribution in [0.5, 0.6) is 0 Å². The van der Waals surface area contributed by atoms with Gasteiger partial charge in [-0.05, 0) is 24.5 Å². The summed E-state index contributed by atoms with van der Waals surface area (Å²) in [5, 5.41) is 18.2. The van der Waals surface area contributed by atoms with Crippen LogP contribution in [-0.4, -0.2) is 83.8 Å². The molecule has 4 amide bonds. The van der Waals surface area contributed by atoms with E-state index in [1.807, 2.05) is 24.3 Å². The number of carbonyl (C=O) groups is 5. The first-order chi connectivity index (χ1) is 21.1. The molecule has 0 fully saturated rings. The SMILES string of the molecule is NC(=O)CCC(NC(=O)C(N)Cc1c[nH]c2ccccc12)C(=O)NC(Cc1cnc[nH]1)C(=O)NC(Cc1cnc[nH]1)C(=O)O. The lowest BCUT2D eigenvalue weighted by atomic mass is 10.0. The molecule has 16 heteroatoms. The molecular formula is C28H34N10O6. The van der Waals surface area contributed by atoms with Crippen molar-refractivity contribution in [2.75, 3.05) is 0 Å². The Hall–Kier alpha value is -5.51. The van der Waals surface area contributed by atoms with Crippen LogP contribution in [0.4, 0.5) is 0 Å². The Bertz CT molecular complexity index is 1580. The van der Waals surface area contributed by atoms with Crippen molar-refractivity contribution in [2.24, 2.45) is 11.5 Å². The molecule has 0 spiro atoms. The van der Waals surface area contributed by atoms with Gasteiger partial charge in [0.1, 0.15) is 18.1 Å². The van der Waals surface area contributed by atoms with Gasteiger partial charge in [0.25, 0.3) is 0 Å². The van der Waals surface area contributed by atoms with Crippen LogP contribution in [0.15, 0.2) is 55.5 Å². The number of nitrogens with one attached hydrogen (secondary N) is 6. The van der Waals surface area contributed by atoms with Crippen molar-refractivity contribution in [1.29, 1.82) is 0 Å². The van der Waals surface area contributed by atoms with Gasteiger partial charge < -0.3 is 47.5 Å². The zero-order chi connectivity index (χ0) is 31.6. The summed E-state index contributed by atoms with van der Waals surface area (Å²) in [5.74, 6) is -4.24. The summed E-state index contributed by atoms with van der Waals surface area (Å²) in [4.78, 5) is 79.8. The van der Waals surface area contributed by atoms with Crippen LogP contribution in [0.3, 0.4) is 0 Å². The predicted octanol–water partition coefficient (Wildman–Crippen LogP) is -1.23. The largest absolute Gasteiger partial charge is 0.480 e. The van der Waals surface area contributed by atoms with E-state index in [2.05, 4.69) is 40.9 Å². The molecule has 44 heavy (non-hydrogen) atoms. The Kier molecular flexibility index (Phi) is 10.4. The molecule has 0 saturated heterocycles. The molecule has 1 aromatic carbocycles. The van der Waals surface area contributed by atoms with Crippen molar-refractivity contribution >= 4 is 40.5 Å². The van der Waals surface area contributed by atoms with Crippen molar-refractivity contribution in [3.8, 4) is 0 Å². The van der Waals surface area contributed by atoms with E-state index < -0.39 is 53.8 Å². The molecule has 0 aliphatic carbocycles. The summed E-state index contributed by atoms with van der Waals surface area (Å²) < 4.78 is 0. The van der Waals surface area contributed by atoms with Gasteiger partial charge in [0.05, 0.1) is 18.7 Å². The number of rotatable bonds is 16. The minimum absolute atomic E-state index is 0.0788. The number of primary amides is 1. The minimum Gasteiger partial charge on any atom is -0.480 e. The highest BCUT2D eigenvalue weighted by molar-refractivity contribution is 5.95. The van der Waals surface area contributed by atoms with E-state index in [4.69, 9.17) is 11.5 Å². The number of aromatic nitrogens is 5. The molecule has 16 nitrogen and oxygen atoms in total. The Morgan fingerprint density at radius 1 is 0.795 bits per heavy atom. The summed E-state index contributed by atoms with van der Waals surface area (Å²) in [7, 11) is 0. The standard InChI is InChI=1S/C28H34N10O6/c29-19(7-15-10-33-20-4-2-1-3-18(15)20)25(40)36-21(5-6-24(30)39)26(41)37-22(8-16-11-31-13-34-16)27(42)38-23(28(43)44)9-17-12-32-14-35-17/h1-4,10-14,19,21-23,33H,5-9,29H2,(H2,30,39)(H,31,34)(H,32,35)(H,36,40)(H,37,41)(H,38,42)(H,43,44). The minimum atomic E-state index is -1.34. The second kappa shape index (κ2) is 14.6. The number of nitrogens with two attached hydrogens (primary N) is 2. The molecule has 4 atom stereocenters. The normalized spacial score (nSPS) is 13.8. The van der Waals surface area contributed by atoms with Crippen molar-refractivity contribution in [3.05, 3.63) is 72.5 Å². The molecule has 0 bridgehead atoms. The van der Waals surface area contributed by atoms with E-state index in [1.54, 1.807) is 6.20 Å². The van der Waals surface area contributed by atoms with Gasteiger partial charge in [-0.3, -0.25) is 19.2 Å². The highest BCUT2D eigenvalue weighted by Crippen LogP contribution is 2.19. The topological polar surface area (TPSA) is 267 Å². The summed E-state index contributed by atoms with van der Waals surface area (Å²) in [6, 6.07) is 2.59. The Morgan fingerprint density at radius 3 is 2.00 bits per heavy atom. The fourth-order valence-electron chi connectivity index (χ4n) is 4.65. The molecule has 3 heterocycles. The summed E-state index contributed by atoms with van der Waals surface area (Å²) in [6.07, 6.45) is 6.99. The zero-order valence-corrected chi connectivity index (χ0v) is 23.6. The van der Waals surface area contributed by atoms with Gasteiger partial charge in [0.2, 0.25) is 23.6 Å². The highest BCUT2D eigenvalue weighted by Gasteiger charge is 2.31. The lowest BCUT2D eigenvalue weighted by Gasteiger charge is -2.25. The van der Waals surface area contributed by atoms with E-state index in [9.17, 15) is 29.1 Å². The second-order valence-electron chi connectivity index (χ2n) is 10.3. The van der Waals surface area contributed by atoms with Crippen LogP contribution in [0, 0.1) is 0 Å². The summed E-state index contributed by atoms with van der Waals surface area (Å²) in [5.41, 5.74) is 14.1. The molecule has 3 aromatic heterocycles. The van der Waals surface area contributed by atoms with E-state index >= 15 is 0 Å². The van der Waals surface area contributed by atoms with E-state index in [1.165, 1.54) is 25.0 Å². The van der Waals surface area contributed by atoms with Crippen molar-refractivity contribution < 1.29 is 29.1 Å². The van der Waals surface area contributed by atoms with Gasteiger partial charge in [0.15, 0.2) is 0 Å². The first kappa shape index (κ1) is 31.4. The molecule has 4 rings (SSSR count). The number of aromatic amines is 3. The van der Waals surface area contributed by atoms with E-state index in [0.29, 0.717) is 11.4 Å². The van der Waals surface area contributed by atoms with Crippen molar-refractivity contribution in [1.82, 2.24) is 40.9 Å². The number of amides is 4. The maximum Gasteiger partial charge on any atom is 0.326 e. The number of carboxylic acids is 1. The third-order valence-corrected chi connectivity index (χ3v) is 6.97. The molecule has 11 N–H and O–H groups in total. The number of fused-ring (bicyclic) bond motifs is 1. The summed E-state index contributed by atoms with van der Waals surface area (Å²) >= 11 is 0. The number of carboxylic acid groups (broad SMARTS) is 1. The molecule has 4 aromatic rings. The first-order valence-electron chi connectivity index (χ1n) is 13.8. The van der Waals surface area contributed by atoms with Crippen molar-refractivity contribution in [3.63, 3.8) is 0 Å². The quantitative estimate of drug-likeness (QED) is 0.0738. The van der Waals surface area contributed by atoms with Crippen LogP contribution in [0.2, 0.25) is 0 Å². The molecule has 0 aliphatic rings. The molecule has 4 unspecified atom stereocenters. The van der Waals surface area contributed by atoms with Crippen LogP contribution >= 0.6 is 0 Å². The number of carbonyl (C=O) groups excluding carboxylic acids is 4. The number of nitrogens with zero attached hydrogens (tertiary/aromatic N) is 2. The molecule has 0 saturated carbocycles. The first-order valence-corrected chi connectivity index (χ1v) is 13.8. The Morgan fingerprint density at radius 2 is 1.39 bits per heavy atom. The smallest absolute Gasteiger partial charge is 0.326 e. The monoisotopic (exact) mass is 606 g/mol. The highest BCUT2D eigenvalue weighted by atomic mass is 16.4. The van der Waals surface area contributed by atoms with E-state index in [0.717, 1.165) is 16.5 Å². The van der Waals surface area contributed by atoms with Gasteiger partial charge >= 0.3 is 5.97 Å². The summed E-state index contributed by atoms with van der Waals surface area (Å²) in [6.45, 7) is 0. The average Bonchev–Trinajstić information content (AvgIpc) is 3.77. The zero-order valence-electron chi connectivity index (χ0n) is 23.6. The molecule has 0 radical (unpaired) electrons. The number of aliphatic carboxylic acids is 1. The number of hydrogen-bond acceptors (Lipinski definition) is 8. The third-order valence-electron chi connectivity index (χ3n) is 6.97. The molecular weight excluding hydrogens is 572 g/mol. The van der Waals surface area contributed by atoms with Crippen LogP contribution in [0.25, 0.3) is 10.9 Å². The molecule has 232 valence electrons. The number of imidazole rings is 2. The maximum atomic E-state index is 13.5. The number of H-pyrrole nitrogens is 3. The van der Waals surface area contributed by atoms with Gasteiger partial charge in [-0.25, -0.2) is 14.8 Å². The van der Waals surface area contributed by atoms with Gasteiger partial charge in [-0.1, -0.05) is 18.2 Å². The average molecular weight is 607 g/mol. The van der Waals surface area contributed by atoms with E-state index in [-0.39, 0.29) is 32.1 Å². The number of hydrogen-bond donors (Lipinski definition) is 9. The lowest BCUT2D eigenvalue weighted by Crippen LogP contribution is -2.58. The number of para-hydroxylation sites is 1. The third kappa shape index (κ3) is 8.51. The second-order valence-corrected chi connectivity index (χ2v) is 10.3. The fourth-order valence-corrected chi connectivity index (χ4v) is 4.65.